The highest BCUT2D eigenvalue weighted by Gasteiger charge is 2.07. The number of benzene rings is 4. The maximum absolute atomic E-state index is 6.22. The van der Waals surface area contributed by atoms with E-state index in [9.17, 15) is 0 Å². The summed E-state index contributed by atoms with van der Waals surface area (Å²) in [6.07, 6.45) is 0. The van der Waals surface area contributed by atoms with Crippen molar-refractivity contribution in [3.63, 3.8) is 0 Å². The van der Waals surface area contributed by atoms with E-state index in [-0.39, 0.29) is 0 Å². The van der Waals surface area contributed by atoms with Gasteiger partial charge in [0.15, 0.2) is 5.84 Å². The zero-order chi connectivity index (χ0) is 22.5. The third kappa shape index (κ3) is 5.14. The van der Waals surface area contributed by atoms with Gasteiger partial charge in [0.1, 0.15) is 11.5 Å². The molecule has 7 heteroatoms. The Bertz CT molecular complexity index is 1460. The lowest BCUT2D eigenvalue weighted by Gasteiger charge is -2.04. The van der Waals surface area contributed by atoms with Gasteiger partial charge in [-0.1, -0.05) is 84.4 Å². The molecule has 0 aliphatic carbocycles. The zero-order valence-corrected chi connectivity index (χ0v) is 19.0. The Balaban J connectivity index is 1.42. The molecule has 0 amide bonds. The molecule has 0 radical (unpaired) electrons. The van der Waals surface area contributed by atoms with E-state index in [0.717, 1.165) is 17.1 Å². The second-order valence-corrected chi connectivity index (χ2v) is 8.40. The predicted molar refractivity (Wildman–Crippen MR) is 138 cm³/mol. The van der Waals surface area contributed by atoms with Crippen LogP contribution in [-0.4, -0.2) is 10.8 Å². The van der Waals surface area contributed by atoms with Crippen LogP contribution in [0.4, 0.5) is 22.3 Å². The molecular weight excluding hydrogens is 450 g/mol. The smallest absolute Gasteiger partial charge is 0.213 e. The van der Waals surface area contributed by atoms with Gasteiger partial charge in [0, 0.05) is 16.6 Å². The molecule has 1 heterocycles. The number of rotatable bonds is 5. The summed E-state index contributed by atoms with van der Waals surface area (Å²) in [5.41, 5.74) is 2.39. The largest absolute Gasteiger partial charge is 0.339 e. The molecule has 160 valence electrons. The standard InChI is InChI=1S/C26H18ClN5S/c27-22-12-6-7-13-23(22)31-32-25(19-9-2-1-3-10-19)30-26-29-24(17-33-26)28-21-15-14-18-8-4-5-11-20(18)16-21/h1-17,28H/b30-25-,32-31?. The molecule has 0 spiro atoms. The minimum atomic E-state index is 0.460. The molecule has 1 N–H and O–H groups in total. The molecule has 5 aromatic rings. The van der Waals surface area contributed by atoms with E-state index in [1.54, 1.807) is 6.07 Å². The van der Waals surface area contributed by atoms with Gasteiger partial charge in [-0.05, 0) is 35.0 Å². The van der Waals surface area contributed by atoms with Gasteiger partial charge in [0.05, 0.1) is 5.02 Å². The first-order chi connectivity index (χ1) is 16.2. The van der Waals surface area contributed by atoms with Crippen LogP contribution in [0.25, 0.3) is 10.8 Å². The molecule has 0 aliphatic rings. The fourth-order valence-electron chi connectivity index (χ4n) is 3.24. The van der Waals surface area contributed by atoms with Crippen LogP contribution in [0.5, 0.6) is 0 Å². The van der Waals surface area contributed by atoms with Gasteiger partial charge in [-0.25, -0.2) is 4.98 Å². The van der Waals surface area contributed by atoms with Gasteiger partial charge in [0.2, 0.25) is 5.13 Å². The highest BCUT2D eigenvalue weighted by molar-refractivity contribution is 7.13. The van der Waals surface area contributed by atoms with Gasteiger partial charge >= 0.3 is 0 Å². The molecule has 0 aliphatic heterocycles. The molecule has 0 atom stereocenters. The van der Waals surface area contributed by atoms with E-state index in [0.29, 0.717) is 21.7 Å². The monoisotopic (exact) mass is 467 g/mol. The minimum absolute atomic E-state index is 0.460. The first-order valence-electron chi connectivity index (χ1n) is 10.3. The first-order valence-corrected chi connectivity index (χ1v) is 11.5. The van der Waals surface area contributed by atoms with E-state index in [4.69, 9.17) is 11.6 Å². The second-order valence-electron chi connectivity index (χ2n) is 7.16. The normalized spacial score (nSPS) is 11.8. The van der Waals surface area contributed by atoms with Crippen molar-refractivity contribution in [2.45, 2.75) is 0 Å². The van der Waals surface area contributed by atoms with Crippen LogP contribution in [0.2, 0.25) is 5.02 Å². The van der Waals surface area contributed by atoms with Crippen LogP contribution in [0.15, 0.2) is 118 Å². The van der Waals surface area contributed by atoms with Crippen molar-refractivity contribution in [3.05, 3.63) is 113 Å². The molecule has 5 rings (SSSR count). The lowest BCUT2D eigenvalue weighted by Crippen LogP contribution is -1.95. The summed E-state index contributed by atoms with van der Waals surface area (Å²) in [4.78, 5) is 9.28. The Hall–Kier alpha value is -3.87. The van der Waals surface area contributed by atoms with Crippen LogP contribution in [0.1, 0.15) is 5.56 Å². The number of aromatic nitrogens is 1. The lowest BCUT2D eigenvalue weighted by atomic mass is 10.1. The molecule has 0 saturated carbocycles. The average Bonchev–Trinajstić information content (AvgIpc) is 3.30. The van der Waals surface area contributed by atoms with Gasteiger partial charge < -0.3 is 5.32 Å². The van der Waals surface area contributed by atoms with Gasteiger partial charge in [-0.3, -0.25) is 0 Å². The number of nitrogens with zero attached hydrogens (tertiary/aromatic N) is 4. The third-order valence-electron chi connectivity index (χ3n) is 4.85. The SMILES string of the molecule is Clc1ccccc1N=N/C(=N\c1nc(Nc2ccc3ccccc3c2)cs1)c1ccccc1. The zero-order valence-electron chi connectivity index (χ0n) is 17.4. The highest BCUT2D eigenvalue weighted by atomic mass is 35.5. The van der Waals surface area contributed by atoms with Crippen LogP contribution in [0, 0.1) is 0 Å². The third-order valence-corrected chi connectivity index (χ3v) is 5.91. The predicted octanol–water partition coefficient (Wildman–Crippen LogP) is 8.56. The van der Waals surface area contributed by atoms with Gasteiger partial charge in [-0.15, -0.1) is 21.6 Å². The fraction of sp³-hybridized carbons (Fsp3) is 0. The summed E-state index contributed by atoms with van der Waals surface area (Å²) in [6, 6.07) is 31.5. The molecule has 5 nitrogen and oxygen atoms in total. The highest BCUT2D eigenvalue weighted by Crippen LogP contribution is 2.28. The van der Waals surface area contributed by atoms with Gasteiger partial charge in [-0.2, -0.15) is 4.99 Å². The maximum Gasteiger partial charge on any atom is 0.213 e. The Morgan fingerprint density at radius 2 is 1.58 bits per heavy atom. The molecule has 4 aromatic carbocycles. The average molecular weight is 468 g/mol. The van der Waals surface area contributed by atoms with E-state index in [1.807, 2.05) is 72.1 Å². The lowest BCUT2D eigenvalue weighted by molar-refractivity contribution is 1.24. The molecule has 0 saturated heterocycles. The van der Waals surface area contributed by atoms with Crippen LogP contribution in [-0.2, 0) is 0 Å². The van der Waals surface area contributed by atoms with Crippen molar-refractivity contribution in [2.24, 2.45) is 15.2 Å². The Morgan fingerprint density at radius 3 is 2.42 bits per heavy atom. The number of nitrogens with one attached hydrogen (secondary N) is 1. The molecule has 0 bridgehead atoms. The second kappa shape index (κ2) is 9.73. The van der Waals surface area contributed by atoms with Crippen molar-refractivity contribution < 1.29 is 0 Å². The Kier molecular flexibility index (Phi) is 6.19. The topological polar surface area (TPSA) is 62.0 Å². The van der Waals surface area contributed by atoms with E-state index in [2.05, 4.69) is 49.8 Å². The van der Waals surface area contributed by atoms with E-state index >= 15 is 0 Å². The van der Waals surface area contributed by atoms with Crippen molar-refractivity contribution in [3.8, 4) is 0 Å². The summed E-state index contributed by atoms with van der Waals surface area (Å²) < 4.78 is 0. The first kappa shape index (κ1) is 21.0. The van der Waals surface area contributed by atoms with Crippen LogP contribution in [0.3, 0.4) is 0 Å². The van der Waals surface area contributed by atoms with Gasteiger partial charge in [0.25, 0.3) is 0 Å². The number of fused-ring (bicyclic) bond motifs is 1. The van der Waals surface area contributed by atoms with Crippen molar-refractivity contribution >= 4 is 61.9 Å². The number of thiazole rings is 1. The number of hydrogen-bond donors (Lipinski definition) is 1. The minimum Gasteiger partial charge on any atom is -0.339 e. The van der Waals surface area contributed by atoms with E-state index < -0.39 is 0 Å². The molecule has 33 heavy (non-hydrogen) atoms. The number of hydrogen-bond acceptors (Lipinski definition) is 5. The number of halogens is 1. The molecule has 1 aromatic heterocycles. The van der Waals surface area contributed by atoms with Crippen molar-refractivity contribution in [1.82, 2.24) is 4.98 Å². The summed E-state index contributed by atoms with van der Waals surface area (Å²) in [6.45, 7) is 0. The van der Waals surface area contributed by atoms with Crippen molar-refractivity contribution in [2.75, 3.05) is 5.32 Å². The Labute approximate surface area is 200 Å². The maximum atomic E-state index is 6.22. The van der Waals surface area contributed by atoms with Crippen LogP contribution < -0.4 is 5.32 Å². The van der Waals surface area contributed by atoms with Crippen molar-refractivity contribution in [1.29, 1.82) is 0 Å². The summed E-state index contributed by atoms with van der Waals surface area (Å²) in [5, 5.41) is 17.5. The summed E-state index contributed by atoms with van der Waals surface area (Å²) in [7, 11) is 0. The summed E-state index contributed by atoms with van der Waals surface area (Å²) in [5.74, 6) is 1.19. The van der Waals surface area contributed by atoms with Crippen LogP contribution >= 0.6 is 22.9 Å². The quantitative estimate of drug-likeness (QED) is 0.160. The molecule has 0 fully saturated rings. The fourth-order valence-corrected chi connectivity index (χ4v) is 4.04. The number of amidine groups is 1. The number of azo groups is 1. The molecular formula is C26H18ClN5S. The Morgan fingerprint density at radius 1 is 0.818 bits per heavy atom. The molecule has 0 unspecified atom stereocenters. The number of anilines is 2. The summed E-state index contributed by atoms with van der Waals surface area (Å²) >= 11 is 7.65. The number of aliphatic imine (C=N–C) groups is 1. The van der Waals surface area contributed by atoms with E-state index in [1.165, 1.54) is 22.1 Å².